The normalized spacial score (nSPS) is 10.7. The van der Waals surface area contributed by atoms with E-state index in [2.05, 4.69) is 26.3 Å². The van der Waals surface area contributed by atoms with E-state index in [1.165, 1.54) is 14.2 Å². The maximum absolute atomic E-state index is 5.31. The van der Waals surface area contributed by atoms with Crippen molar-refractivity contribution in [3.05, 3.63) is 26.3 Å². The van der Waals surface area contributed by atoms with Crippen LogP contribution in [0.3, 0.4) is 0 Å². The third kappa shape index (κ3) is 11.7. The van der Waals surface area contributed by atoms with Gasteiger partial charge in [0.1, 0.15) is 0 Å². The Balaban J connectivity index is -0.000000439. The highest BCUT2D eigenvalue weighted by Crippen LogP contribution is 2.17. The van der Waals surface area contributed by atoms with Crippen LogP contribution in [0.4, 0.5) is 0 Å². The summed E-state index contributed by atoms with van der Waals surface area (Å²) in [4.78, 5) is 0. The van der Waals surface area contributed by atoms with E-state index >= 15 is 0 Å². The van der Waals surface area contributed by atoms with Gasteiger partial charge in [-0.1, -0.05) is 13.3 Å². The second kappa shape index (κ2) is 11.9. The SMILES string of the molecule is C=C.C=C.CCC[Si](OC)(OC)OC(N)(N)N. The summed E-state index contributed by atoms with van der Waals surface area (Å²) in [6, 6.07) is 0.632. The standard InChI is InChI=1S/C6H19N3O3Si.2C2H4/c1-4-5-13(10-2,11-3)12-6(7,8)9;2*1-2/h4-5,7-9H2,1-3H3;2*1-2H2. The summed E-state index contributed by atoms with van der Waals surface area (Å²) in [5.41, 5.74) is 15.9. The zero-order chi connectivity index (χ0) is 14.5. The predicted octanol–water partition coefficient (Wildman–Crippen LogP) is 0.737. The number of rotatable bonds is 6. The molecule has 6 nitrogen and oxygen atoms in total. The Morgan fingerprint density at radius 1 is 1.00 bits per heavy atom. The molecule has 17 heavy (non-hydrogen) atoms. The summed E-state index contributed by atoms with van der Waals surface area (Å²) in [7, 11) is 0.240. The highest BCUT2D eigenvalue weighted by atomic mass is 28.4. The van der Waals surface area contributed by atoms with Crippen LogP contribution in [-0.4, -0.2) is 29.0 Å². The molecule has 0 bridgehead atoms. The second-order valence-corrected chi connectivity index (χ2v) is 5.68. The van der Waals surface area contributed by atoms with E-state index in [4.69, 9.17) is 30.5 Å². The molecular formula is C10H27N3O3Si. The number of hydrogen-bond acceptors (Lipinski definition) is 6. The zero-order valence-corrected chi connectivity index (χ0v) is 12.2. The second-order valence-electron chi connectivity index (χ2n) is 2.80. The van der Waals surface area contributed by atoms with E-state index in [0.717, 1.165) is 6.42 Å². The Labute approximate surface area is 106 Å². The molecule has 0 amide bonds. The van der Waals surface area contributed by atoms with E-state index < -0.39 is 14.8 Å². The molecule has 0 aromatic rings. The monoisotopic (exact) mass is 265 g/mol. The molecule has 0 fully saturated rings. The molecule has 6 N–H and O–H groups in total. The molecule has 0 saturated heterocycles. The van der Waals surface area contributed by atoms with Crippen LogP contribution in [0.25, 0.3) is 0 Å². The summed E-state index contributed by atoms with van der Waals surface area (Å²) >= 11 is 0. The summed E-state index contributed by atoms with van der Waals surface area (Å²) in [5, 5.41) is 0. The van der Waals surface area contributed by atoms with Crippen molar-refractivity contribution in [2.45, 2.75) is 25.4 Å². The molecule has 0 aromatic carbocycles. The van der Waals surface area contributed by atoms with Crippen LogP contribution >= 0.6 is 0 Å². The fourth-order valence-electron chi connectivity index (χ4n) is 0.997. The van der Waals surface area contributed by atoms with Gasteiger partial charge in [0.15, 0.2) is 0 Å². The van der Waals surface area contributed by atoms with Crippen LogP contribution in [0.2, 0.25) is 6.04 Å². The molecule has 0 spiro atoms. The van der Waals surface area contributed by atoms with Crippen LogP contribution in [0.5, 0.6) is 0 Å². The van der Waals surface area contributed by atoms with Crippen molar-refractivity contribution >= 4 is 8.80 Å². The molecule has 0 aromatic heterocycles. The van der Waals surface area contributed by atoms with Crippen molar-refractivity contribution in [2.24, 2.45) is 17.2 Å². The van der Waals surface area contributed by atoms with E-state index in [1.54, 1.807) is 0 Å². The van der Waals surface area contributed by atoms with Crippen molar-refractivity contribution in [3.63, 3.8) is 0 Å². The minimum absolute atomic E-state index is 0.632. The fourth-order valence-corrected chi connectivity index (χ4v) is 2.99. The summed E-state index contributed by atoms with van der Waals surface area (Å²) in [5.74, 6) is -1.70. The Morgan fingerprint density at radius 3 is 1.53 bits per heavy atom. The third-order valence-electron chi connectivity index (χ3n) is 1.51. The smallest absolute Gasteiger partial charge is 0.377 e. The highest BCUT2D eigenvalue weighted by molar-refractivity contribution is 6.60. The van der Waals surface area contributed by atoms with Crippen LogP contribution in [0, 0.1) is 0 Å². The van der Waals surface area contributed by atoms with Crippen molar-refractivity contribution < 1.29 is 13.3 Å². The molecule has 0 unspecified atom stereocenters. The highest BCUT2D eigenvalue weighted by Gasteiger charge is 2.42. The molecule has 0 saturated carbocycles. The first-order valence-corrected chi connectivity index (χ1v) is 6.99. The largest absolute Gasteiger partial charge is 0.503 e. The van der Waals surface area contributed by atoms with Gasteiger partial charge in [-0.2, -0.15) is 0 Å². The van der Waals surface area contributed by atoms with Crippen LogP contribution in [0.15, 0.2) is 26.3 Å². The quantitative estimate of drug-likeness (QED) is 0.371. The maximum atomic E-state index is 5.31. The van der Waals surface area contributed by atoms with Crippen molar-refractivity contribution in [1.82, 2.24) is 0 Å². The van der Waals surface area contributed by atoms with Gasteiger partial charge >= 0.3 is 8.80 Å². The van der Waals surface area contributed by atoms with Gasteiger partial charge in [0.25, 0.3) is 0 Å². The molecule has 0 aliphatic carbocycles. The lowest BCUT2D eigenvalue weighted by Gasteiger charge is -2.32. The lowest BCUT2D eigenvalue weighted by Crippen LogP contribution is -2.66. The van der Waals surface area contributed by atoms with Gasteiger partial charge in [-0.3, -0.25) is 17.2 Å². The van der Waals surface area contributed by atoms with Crippen LogP contribution < -0.4 is 17.2 Å². The van der Waals surface area contributed by atoms with Gasteiger partial charge in [0.05, 0.1) is 0 Å². The molecule has 7 heteroatoms. The number of hydrogen-bond donors (Lipinski definition) is 3. The minimum atomic E-state index is -2.75. The molecule has 0 aliphatic rings. The van der Waals surface area contributed by atoms with Gasteiger partial charge in [0, 0.05) is 20.3 Å². The summed E-state index contributed by atoms with van der Waals surface area (Å²) in [6.45, 7) is 14.0. The molecule has 0 heterocycles. The van der Waals surface area contributed by atoms with Gasteiger partial charge in [-0.05, 0) is 0 Å². The lowest BCUT2D eigenvalue weighted by atomic mass is 10.6. The van der Waals surface area contributed by atoms with Gasteiger partial charge in [-0.25, -0.2) is 0 Å². The van der Waals surface area contributed by atoms with Gasteiger partial charge < -0.3 is 13.3 Å². The summed E-state index contributed by atoms with van der Waals surface area (Å²) in [6.07, 6.45) is 0.851. The zero-order valence-electron chi connectivity index (χ0n) is 11.2. The van der Waals surface area contributed by atoms with Crippen molar-refractivity contribution in [3.8, 4) is 0 Å². The van der Waals surface area contributed by atoms with E-state index in [9.17, 15) is 0 Å². The lowest BCUT2D eigenvalue weighted by molar-refractivity contribution is -0.00634. The minimum Gasteiger partial charge on any atom is -0.377 e. The van der Waals surface area contributed by atoms with E-state index in [-0.39, 0.29) is 0 Å². The predicted molar refractivity (Wildman–Crippen MR) is 73.8 cm³/mol. The van der Waals surface area contributed by atoms with Crippen LogP contribution in [0.1, 0.15) is 13.3 Å². The molecule has 0 radical (unpaired) electrons. The third-order valence-corrected chi connectivity index (χ3v) is 4.53. The molecule has 104 valence electrons. The average molecular weight is 265 g/mol. The van der Waals surface area contributed by atoms with Gasteiger partial charge in [-0.15, -0.1) is 26.3 Å². The Bertz CT molecular complexity index is 171. The summed E-state index contributed by atoms with van der Waals surface area (Å²) < 4.78 is 15.5. The number of nitrogens with two attached hydrogens (primary N) is 3. The molecular weight excluding hydrogens is 238 g/mol. The Kier molecular flexibility index (Phi) is 15.2. The van der Waals surface area contributed by atoms with E-state index in [1.807, 2.05) is 6.92 Å². The van der Waals surface area contributed by atoms with Crippen molar-refractivity contribution in [2.75, 3.05) is 14.2 Å². The molecule has 0 atom stereocenters. The fraction of sp³-hybridized carbons (Fsp3) is 0.600. The Morgan fingerprint density at radius 2 is 1.35 bits per heavy atom. The molecule has 0 aliphatic heterocycles. The first-order chi connectivity index (χ1) is 7.89. The maximum Gasteiger partial charge on any atom is 0.503 e. The molecule has 0 rings (SSSR count). The van der Waals surface area contributed by atoms with Gasteiger partial charge in [0.2, 0.25) is 5.97 Å². The van der Waals surface area contributed by atoms with Crippen LogP contribution in [-0.2, 0) is 13.3 Å². The average Bonchev–Trinajstić information content (AvgIpc) is 2.32. The Hall–Kier alpha value is -0.543. The van der Waals surface area contributed by atoms with Crippen molar-refractivity contribution in [1.29, 1.82) is 0 Å². The first-order valence-electron chi connectivity index (χ1n) is 5.06. The van der Waals surface area contributed by atoms with E-state index in [0.29, 0.717) is 6.04 Å². The topological polar surface area (TPSA) is 106 Å². The first kappa shape index (κ1) is 21.7.